The first-order chi connectivity index (χ1) is 7.15. The summed E-state index contributed by atoms with van der Waals surface area (Å²) in [5, 5.41) is 18.2. The molecule has 0 radical (unpaired) electrons. The van der Waals surface area contributed by atoms with Gasteiger partial charge < -0.3 is 15.9 Å². The van der Waals surface area contributed by atoms with Gasteiger partial charge in [0.1, 0.15) is 0 Å². The zero-order valence-electron chi connectivity index (χ0n) is 8.47. The first-order valence-corrected chi connectivity index (χ1v) is 5.01. The van der Waals surface area contributed by atoms with Crippen molar-refractivity contribution in [2.45, 2.75) is 37.8 Å². The third kappa shape index (κ3) is 3.36. The third-order valence-electron chi connectivity index (χ3n) is 2.53. The minimum Gasteiger partial charge on any atom is -0.478 e. The number of aliphatic carboxylic acids is 1. The zero-order valence-corrected chi connectivity index (χ0v) is 8.47. The number of carbonyl (C=O) groups is 1. The number of carboxylic acids is 1. The van der Waals surface area contributed by atoms with E-state index in [1.54, 1.807) is 0 Å². The molecule has 1 rings (SSSR count). The van der Waals surface area contributed by atoms with Crippen molar-refractivity contribution in [3.8, 4) is 0 Å². The highest BCUT2D eigenvalue weighted by Gasteiger charge is 2.21. The van der Waals surface area contributed by atoms with E-state index in [4.69, 9.17) is 10.8 Å². The molecule has 84 valence electrons. The Hall–Kier alpha value is -1.36. The lowest BCUT2D eigenvalue weighted by Gasteiger charge is -2.23. The maximum Gasteiger partial charge on any atom is 0.338 e. The first-order valence-electron chi connectivity index (χ1n) is 5.01. The average Bonchev–Trinajstić information content (AvgIpc) is 2.21. The minimum absolute atomic E-state index is 0.0484. The summed E-state index contributed by atoms with van der Waals surface area (Å²) < 4.78 is 0. The molecule has 1 aliphatic carbocycles. The van der Waals surface area contributed by atoms with Gasteiger partial charge in [-0.25, -0.2) is 4.79 Å². The van der Waals surface area contributed by atoms with Gasteiger partial charge in [-0.15, -0.1) is 0 Å². The van der Waals surface area contributed by atoms with Crippen molar-refractivity contribution in [1.82, 2.24) is 0 Å². The first kappa shape index (κ1) is 11.7. The molecule has 5 heteroatoms. The monoisotopic (exact) mass is 212 g/mol. The molecule has 0 aromatic rings. The van der Waals surface area contributed by atoms with Crippen molar-refractivity contribution in [2.24, 2.45) is 10.7 Å². The van der Waals surface area contributed by atoms with Gasteiger partial charge in [0.15, 0.2) is 0 Å². The number of aliphatic hydroxyl groups excluding tert-OH is 1. The van der Waals surface area contributed by atoms with Crippen LogP contribution >= 0.6 is 0 Å². The standard InChI is InChI=1S/C10H16N2O3/c11-5-7(10(14)15)6-12-8-3-1-2-4-9(8)13/h5-6,8-9,13H,1-4,11H2,(H,14,15)/b7-5+,12-6?/t8-,9-/m1/s1. The number of nitrogens with zero attached hydrogens (tertiary/aromatic N) is 1. The van der Waals surface area contributed by atoms with Crippen LogP contribution in [0.15, 0.2) is 16.8 Å². The highest BCUT2D eigenvalue weighted by atomic mass is 16.4. The predicted molar refractivity (Wildman–Crippen MR) is 56.7 cm³/mol. The average molecular weight is 212 g/mol. The van der Waals surface area contributed by atoms with E-state index in [1.807, 2.05) is 0 Å². The number of hydrogen-bond acceptors (Lipinski definition) is 4. The van der Waals surface area contributed by atoms with Gasteiger partial charge in [0.05, 0.1) is 17.7 Å². The number of rotatable bonds is 3. The van der Waals surface area contributed by atoms with Crippen molar-refractivity contribution in [3.63, 3.8) is 0 Å². The maximum atomic E-state index is 10.6. The van der Waals surface area contributed by atoms with Crippen LogP contribution in [0.1, 0.15) is 25.7 Å². The predicted octanol–water partition coefficient (Wildman–Crippen LogP) is 0.288. The fourth-order valence-electron chi connectivity index (χ4n) is 1.61. The Morgan fingerprint density at radius 2 is 2.07 bits per heavy atom. The van der Waals surface area contributed by atoms with E-state index in [-0.39, 0.29) is 11.6 Å². The molecule has 0 spiro atoms. The normalized spacial score (nSPS) is 28.2. The van der Waals surface area contributed by atoms with E-state index < -0.39 is 12.1 Å². The van der Waals surface area contributed by atoms with Gasteiger partial charge in [-0.2, -0.15) is 0 Å². The third-order valence-corrected chi connectivity index (χ3v) is 2.53. The van der Waals surface area contributed by atoms with Crippen molar-refractivity contribution in [3.05, 3.63) is 11.8 Å². The summed E-state index contributed by atoms with van der Waals surface area (Å²) in [7, 11) is 0. The molecule has 5 nitrogen and oxygen atoms in total. The molecule has 1 saturated carbocycles. The van der Waals surface area contributed by atoms with E-state index >= 15 is 0 Å². The Labute approximate surface area is 88.3 Å². The molecule has 0 bridgehead atoms. The van der Waals surface area contributed by atoms with Gasteiger partial charge in [-0.3, -0.25) is 4.99 Å². The van der Waals surface area contributed by atoms with Crippen LogP contribution < -0.4 is 5.73 Å². The Bertz CT molecular complexity index is 286. The molecule has 0 amide bonds. The molecule has 15 heavy (non-hydrogen) atoms. The lowest BCUT2D eigenvalue weighted by molar-refractivity contribution is -0.132. The quantitative estimate of drug-likeness (QED) is 0.462. The largest absolute Gasteiger partial charge is 0.478 e. The Morgan fingerprint density at radius 1 is 1.40 bits per heavy atom. The second-order valence-corrected chi connectivity index (χ2v) is 3.62. The van der Waals surface area contributed by atoms with E-state index in [2.05, 4.69) is 4.99 Å². The Morgan fingerprint density at radius 3 is 2.60 bits per heavy atom. The van der Waals surface area contributed by atoms with Crippen LogP contribution in [0.2, 0.25) is 0 Å². The summed E-state index contributed by atoms with van der Waals surface area (Å²) in [5.41, 5.74) is 5.08. The summed E-state index contributed by atoms with van der Waals surface area (Å²) in [6.07, 6.45) is 5.33. The molecule has 0 aromatic heterocycles. The van der Waals surface area contributed by atoms with Gasteiger partial charge in [0.25, 0.3) is 0 Å². The molecule has 0 aliphatic heterocycles. The van der Waals surface area contributed by atoms with Crippen molar-refractivity contribution >= 4 is 12.2 Å². The number of nitrogens with two attached hydrogens (primary N) is 1. The summed E-state index contributed by atoms with van der Waals surface area (Å²) in [5.74, 6) is -1.11. The second kappa shape index (κ2) is 5.50. The highest BCUT2D eigenvalue weighted by Crippen LogP contribution is 2.20. The van der Waals surface area contributed by atoms with Gasteiger partial charge >= 0.3 is 5.97 Å². The van der Waals surface area contributed by atoms with Crippen LogP contribution in [0.3, 0.4) is 0 Å². The van der Waals surface area contributed by atoms with Crippen LogP contribution in [-0.2, 0) is 4.79 Å². The fourth-order valence-corrected chi connectivity index (χ4v) is 1.61. The maximum absolute atomic E-state index is 10.6. The molecule has 0 saturated heterocycles. The summed E-state index contributed by atoms with van der Waals surface area (Å²) in [6, 6.07) is -0.187. The molecule has 0 unspecified atom stereocenters. The van der Waals surface area contributed by atoms with Crippen LogP contribution in [0.4, 0.5) is 0 Å². The van der Waals surface area contributed by atoms with E-state index in [0.717, 1.165) is 31.9 Å². The smallest absolute Gasteiger partial charge is 0.338 e. The molecular weight excluding hydrogens is 196 g/mol. The molecule has 1 aliphatic rings. The van der Waals surface area contributed by atoms with Gasteiger partial charge in [0, 0.05) is 12.4 Å². The highest BCUT2D eigenvalue weighted by molar-refractivity contribution is 6.08. The summed E-state index contributed by atoms with van der Waals surface area (Å²) in [4.78, 5) is 14.6. The lowest BCUT2D eigenvalue weighted by atomic mass is 9.93. The Kier molecular flexibility index (Phi) is 4.30. The molecule has 0 heterocycles. The van der Waals surface area contributed by atoms with E-state index in [9.17, 15) is 9.90 Å². The summed E-state index contributed by atoms with van der Waals surface area (Å²) >= 11 is 0. The van der Waals surface area contributed by atoms with Gasteiger partial charge in [0.2, 0.25) is 0 Å². The second-order valence-electron chi connectivity index (χ2n) is 3.62. The van der Waals surface area contributed by atoms with Crippen molar-refractivity contribution < 1.29 is 15.0 Å². The van der Waals surface area contributed by atoms with Gasteiger partial charge in [-0.05, 0) is 12.8 Å². The zero-order chi connectivity index (χ0) is 11.3. The minimum atomic E-state index is -1.11. The molecule has 0 aromatic carbocycles. The fraction of sp³-hybridized carbons (Fsp3) is 0.600. The number of aliphatic imine (C=N–C) groups is 1. The van der Waals surface area contributed by atoms with Crippen molar-refractivity contribution in [2.75, 3.05) is 0 Å². The van der Waals surface area contributed by atoms with Crippen molar-refractivity contribution in [1.29, 1.82) is 0 Å². The molecule has 2 atom stereocenters. The number of aliphatic hydroxyl groups is 1. The number of carboxylic acid groups (broad SMARTS) is 1. The van der Waals surface area contributed by atoms with Gasteiger partial charge in [-0.1, -0.05) is 12.8 Å². The van der Waals surface area contributed by atoms with Crippen LogP contribution in [0, 0.1) is 0 Å². The van der Waals surface area contributed by atoms with E-state index in [1.165, 1.54) is 6.21 Å². The van der Waals surface area contributed by atoms with Crippen LogP contribution in [0.5, 0.6) is 0 Å². The molecular formula is C10H16N2O3. The van der Waals surface area contributed by atoms with Crippen LogP contribution in [0.25, 0.3) is 0 Å². The van der Waals surface area contributed by atoms with E-state index in [0.29, 0.717) is 0 Å². The molecule has 4 N–H and O–H groups in total. The Balaban J connectivity index is 2.59. The topological polar surface area (TPSA) is 95.9 Å². The molecule has 1 fully saturated rings. The SMILES string of the molecule is N/C=C(\C=N[C@@H]1CCCC[C@H]1O)C(=O)O. The lowest BCUT2D eigenvalue weighted by Crippen LogP contribution is -2.28. The van der Waals surface area contributed by atoms with Crippen LogP contribution in [-0.4, -0.2) is 34.5 Å². The number of hydrogen-bond donors (Lipinski definition) is 3. The summed E-state index contributed by atoms with van der Waals surface area (Å²) in [6.45, 7) is 0.